The second kappa shape index (κ2) is 9.11. The van der Waals surface area contributed by atoms with Gasteiger partial charge in [0.25, 0.3) is 0 Å². The number of benzene rings is 2. The van der Waals surface area contributed by atoms with Crippen LogP contribution in [0.2, 0.25) is 0 Å². The number of alkyl halides is 4. The Morgan fingerprint density at radius 1 is 1.17 bits per heavy atom. The summed E-state index contributed by atoms with van der Waals surface area (Å²) in [4.78, 5) is 6.33. The average molecular weight is 415 g/mol. The highest BCUT2D eigenvalue weighted by atomic mass is 19.3. The molecule has 0 amide bonds. The van der Waals surface area contributed by atoms with Crippen LogP contribution in [0.25, 0.3) is 0 Å². The zero-order valence-corrected chi connectivity index (χ0v) is 16.4. The minimum Gasteiger partial charge on any atom is -0.425 e. The summed E-state index contributed by atoms with van der Waals surface area (Å²) >= 11 is 0. The van der Waals surface area contributed by atoms with E-state index in [1.807, 2.05) is 38.8 Å². The molecule has 158 valence electrons. The summed E-state index contributed by atoms with van der Waals surface area (Å²) in [6.45, 7) is 6.47. The fraction of sp³-hybridized carbons (Fsp3) is 0.350. The monoisotopic (exact) mass is 415 g/mol. The molecule has 4 nitrogen and oxygen atoms in total. The van der Waals surface area contributed by atoms with Gasteiger partial charge in [0.15, 0.2) is 11.6 Å². The van der Waals surface area contributed by atoms with Crippen molar-refractivity contribution in [2.24, 2.45) is 4.99 Å². The first-order chi connectivity index (χ1) is 13.5. The van der Waals surface area contributed by atoms with E-state index < -0.39 is 24.1 Å². The summed E-state index contributed by atoms with van der Waals surface area (Å²) in [5.74, 6) is -2.15. The molecule has 0 spiro atoms. The Kier molecular flexibility index (Phi) is 7.05. The lowest BCUT2D eigenvalue weighted by molar-refractivity contribution is -0.254. The largest absolute Gasteiger partial charge is 0.461 e. The minimum absolute atomic E-state index is 0.205. The molecule has 0 heterocycles. The van der Waals surface area contributed by atoms with Crippen molar-refractivity contribution in [3.63, 3.8) is 0 Å². The Morgan fingerprint density at radius 3 is 2.48 bits per heavy atom. The van der Waals surface area contributed by atoms with Crippen LogP contribution in [0.1, 0.15) is 18.1 Å². The standard InChI is InChI=1S/C20H22F5N3O/c1-5-28(4)11-26-16-8-13(3)17(9-12(16)2)27-14-6-7-15(21)18(10-14)29-20(24,25)19(22)23/h6-11,19,27H,5H2,1-4H3/b26-11+. The molecule has 0 aliphatic heterocycles. The number of hydrogen-bond donors (Lipinski definition) is 1. The second-order valence-corrected chi connectivity index (χ2v) is 6.51. The predicted molar refractivity (Wildman–Crippen MR) is 104 cm³/mol. The predicted octanol–water partition coefficient (Wildman–Crippen LogP) is 6.03. The maximum Gasteiger partial charge on any atom is 0.461 e. The molecule has 0 saturated carbocycles. The van der Waals surface area contributed by atoms with Crippen LogP contribution in [0.15, 0.2) is 35.3 Å². The maximum atomic E-state index is 13.7. The Hall–Kier alpha value is -2.84. The van der Waals surface area contributed by atoms with Crippen LogP contribution in [-0.4, -0.2) is 37.4 Å². The van der Waals surface area contributed by atoms with E-state index in [1.165, 1.54) is 6.07 Å². The van der Waals surface area contributed by atoms with Gasteiger partial charge in [-0.15, -0.1) is 0 Å². The van der Waals surface area contributed by atoms with Crippen molar-refractivity contribution in [3.8, 4) is 5.75 Å². The van der Waals surface area contributed by atoms with Gasteiger partial charge in [0.2, 0.25) is 0 Å². The number of nitrogens with one attached hydrogen (secondary N) is 1. The van der Waals surface area contributed by atoms with E-state index in [-0.39, 0.29) is 5.69 Å². The molecule has 0 unspecified atom stereocenters. The molecule has 0 bridgehead atoms. The van der Waals surface area contributed by atoms with E-state index >= 15 is 0 Å². The molecule has 0 aliphatic rings. The van der Waals surface area contributed by atoms with Crippen LogP contribution in [0.5, 0.6) is 5.75 Å². The van der Waals surface area contributed by atoms with Gasteiger partial charge in [-0.3, -0.25) is 0 Å². The van der Waals surface area contributed by atoms with Crippen LogP contribution >= 0.6 is 0 Å². The van der Waals surface area contributed by atoms with Gasteiger partial charge < -0.3 is 15.0 Å². The van der Waals surface area contributed by atoms with Gasteiger partial charge in [-0.2, -0.15) is 17.6 Å². The summed E-state index contributed by atoms with van der Waals surface area (Å²) < 4.78 is 68.5. The molecule has 29 heavy (non-hydrogen) atoms. The molecule has 0 radical (unpaired) electrons. The molecule has 0 aromatic heterocycles. The van der Waals surface area contributed by atoms with Crippen molar-refractivity contribution >= 4 is 23.4 Å². The smallest absolute Gasteiger partial charge is 0.425 e. The first-order valence-electron chi connectivity index (χ1n) is 8.80. The highest BCUT2D eigenvalue weighted by Crippen LogP contribution is 2.33. The molecular weight excluding hydrogens is 393 g/mol. The first-order valence-corrected chi connectivity index (χ1v) is 8.80. The van der Waals surface area contributed by atoms with Crippen molar-refractivity contribution < 1.29 is 26.7 Å². The molecule has 9 heteroatoms. The third-order valence-electron chi connectivity index (χ3n) is 4.15. The quantitative estimate of drug-likeness (QED) is 0.325. The lowest BCUT2D eigenvalue weighted by atomic mass is 10.1. The van der Waals surface area contributed by atoms with Crippen LogP contribution in [0.4, 0.5) is 39.0 Å². The Morgan fingerprint density at radius 2 is 1.86 bits per heavy atom. The van der Waals surface area contributed by atoms with Gasteiger partial charge in [0, 0.05) is 31.0 Å². The lowest BCUT2D eigenvalue weighted by Gasteiger charge is -2.18. The average Bonchev–Trinajstić information content (AvgIpc) is 2.65. The van der Waals surface area contributed by atoms with Gasteiger partial charge >= 0.3 is 12.5 Å². The summed E-state index contributed by atoms with van der Waals surface area (Å²) in [6, 6.07) is 6.69. The molecule has 2 aromatic rings. The number of rotatable bonds is 8. The zero-order valence-electron chi connectivity index (χ0n) is 16.4. The normalized spacial score (nSPS) is 11.9. The minimum atomic E-state index is -4.79. The fourth-order valence-corrected chi connectivity index (χ4v) is 2.32. The van der Waals surface area contributed by atoms with Gasteiger partial charge in [0.05, 0.1) is 12.0 Å². The van der Waals surface area contributed by atoms with E-state index in [0.717, 1.165) is 35.5 Å². The summed E-state index contributed by atoms with van der Waals surface area (Å²) in [6.07, 6.45) is -7.16. The van der Waals surface area contributed by atoms with Gasteiger partial charge in [-0.05, 0) is 56.2 Å². The molecule has 2 rings (SSSR count). The molecule has 0 saturated heterocycles. The summed E-state index contributed by atoms with van der Waals surface area (Å²) in [7, 11) is 1.90. The fourth-order valence-electron chi connectivity index (χ4n) is 2.32. The number of aliphatic imine (C=N–C) groups is 1. The van der Waals surface area contributed by atoms with Crippen LogP contribution in [0.3, 0.4) is 0 Å². The van der Waals surface area contributed by atoms with Crippen LogP contribution in [-0.2, 0) is 0 Å². The SMILES string of the molecule is CCN(C)/C=N/c1cc(C)c(Nc2ccc(F)c(OC(F)(F)C(F)F)c2)cc1C. The summed E-state index contributed by atoms with van der Waals surface area (Å²) in [5.41, 5.74) is 3.24. The molecule has 0 atom stereocenters. The topological polar surface area (TPSA) is 36.9 Å². The Bertz CT molecular complexity index is 887. The van der Waals surface area contributed by atoms with Crippen molar-refractivity contribution in [3.05, 3.63) is 47.3 Å². The van der Waals surface area contributed by atoms with E-state index in [4.69, 9.17) is 0 Å². The third kappa shape index (κ3) is 5.82. The lowest BCUT2D eigenvalue weighted by Crippen LogP contribution is -2.33. The van der Waals surface area contributed by atoms with E-state index in [2.05, 4.69) is 15.0 Å². The van der Waals surface area contributed by atoms with Crippen molar-refractivity contribution in [1.82, 2.24) is 4.90 Å². The number of nitrogens with zero attached hydrogens (tertiary/aromatic N) is 2. The summed E-state index contributed by atoms with van der Waals surface area (Å²) in [5, 5.41) is 2.96. The number of aryl methyl sites for hydroxylation is 2. The van der Waals surface area contributed by atoms with Crippen molar-refractivity contribution in [2.75, 3.05) is 18.9 Å². The van der Waals surface area contributed by atoms with E-state index in [1.54, 1.807) is 12.4 Å². The first kappa shape index (κ1) is 22.4. The highest BCUT2D eigenvalue weighted by molar-refractivity contribution is 5.71. The highest BCUT2D eigenvalue weighted by Gasteiger charge is 2.44. The van der Waals surface area contributed by atoms with Crippen molar-refractivity contribution in [2.45, 2.75) is 33.3 Å². The number of ether oxygens (including phenoxy) is 1. The molecule has 2 aromatic carbocycles. The van der Waals surface area contributed by atoms with E-state index in [0.29, 0.717) is 5.69 Å². The van der Waals surface area contributed by atoms with Crippen molar-refractivity contribution in [1.29, 1.82) is 0 Å². The second-order valence-electron chi connectivity index (χ2n) is 6.51. The maximum absolute atomic E-state index is 13.7. The van der Waals surface area contributed by atoms with Gasteiger partial charge in [-0.25, -0.2) is 9.38 Å². The number of hydrogen-bond acceptors (Lipinski definition) is 3. The zero-order chi connectivity index (χ0) is 21.8. The van der Waals surface area contributed by atoms with Crippen LogP contribution in [0, 0.1) is 19.7 Å². The molecule has 0 aliphatic carbocycles. The van der Waals surface area contributed by atoms with E-state index in [9.17, 15) is 22.0 Å². The third-order valence-corrected chi connectivity index (χ3v) is 4.15. The van der Waals surface area contributed by atoms with Gasteiger partial charge in [-0.1, -0.05) is 0 Å². The van der Waals surface area contributed by atoms with Gasteiger partial charge in [0.1, 0.15) is 0 Å². The number of halogens is 5. The Balaban J connectivity index is 2.27. The van der Waals surface area contributed by atoms with Crippen LogP contribution < -0.4 is 10.1 Å². The molecular formula is C20H22F5N3O. The molecule has 0 fully saturated rings. The Labute approximate surface area is 166 Å². The number of anilines is 2. The molecule has 1 N–H and O–H groups in total.